The van der Waals surface area contributed by atoms with Crippen molar-refractivity contribution in [1.82, 2.24) is 5.32 Å². The molecule has 0 aliphatic rings. The molecule has 0 amide bonds. The average Bonchev–Trinajstić information content (AvgIpc) is 2.21. The highest BCUT2D eigenvalue weighted by molar-refractivity contribution is 7.99. The van der Waals surface area contributed by atoms with E-state index in [0.717, 1.165) is 6.61 Å². The summed E-state index contributed by atoms with van der Waals surface area (Å²) < 4.78 is 4.99. The van der Waals surface area contributed by atoms with Gasteiger partial charge in [-0.25, -0.2) is 0 Å². The van der Waals surface area contributed by atoms with E-state index in [0.29, 0.717) is 0 Å². The minimum Gasteiger partial charge on any atom is -0.385 e. The summed E-state index contributed by atoms with van der Waals surface area (Å²) in [6.45, 7) is 5.47. The smallest absolute Gasteiger partial charge is 0.0462 e. The van der Waals surface area contributed by atoms with Gasteiger partial charge in [0.2, 0.25) is 0 Å². The van der Waals surface area contributed by atoms with Crippen LogP contribution in [0.15, 0.2) is 0 Å². The number of nitrogens with one attached hydrogen (secondary N) is 1. The van der Waals surface area contributed by atoms with E-state index < -0.39 is 0 Å². The first-order valence-corrected chi connectivity index (χ1v) is 6.84. The lowest BCUT2D eigenvalue weighted by molar-refractivity contribution is 0.192. The van der Waals surface area contributed by atoms with Gasteiger partial charge >= 0.3 is 0 Å². The molecule has 0 heterocycles. The minimum absolute atomic E-state index is 0.910. The summed E-state index contributed by atoms with van der Waals surface area (Å²) in [6, 6.07) is 0. The number of rotatable bonds is 11. The molecule has 0 aromatic heterocycles. The van der Waals surface area contributed by atoms with Gasteiger partial charge in [0.15, 0.2) is 0 Å². The molecule has 0 saturated carbocycles. The SMILES string of the molecule is CCSCCCNCCCCCOC. The molecule has 0 aliphatic carbocycles. The fourth-order valence-corrected chi connectivity index (χ4v) is 1.88. The van der Waals surface area contributed by atoms with Gasteiger partial charge in [-0.2, -0.15) is 11.8 Å². The van der Waals surface area contributed by atoms with Crippen LogP contribution in [0, 0.1) is 0 Å². The van der Waals surface area contributed by atoms with Gasteiger partial charge in [0.1, 0.15) is 0 Å². The van der Waals surface area contributed by atoms with Crippen molar-refractivity contribution in [2.45, 2.75) is 32.6 Å². The fourth-order valence-electron chi connectivity index (χ4n) is 1.24. The Morgan fingerprint density at radius 2 is 1.86 bits per heavy atom. The zero-order valence-electron chi connectivity index (χ0n) is 9.68. The van der Waals surface area contributed by atoms with Crippen LogP contribution in [0.1, 0.15) is 32.6 Å². The Kier molecular flexibility index (Phi) is 13.5. The summed E-state index contributed by atoms with van der Waals surface area (Å²) in [5.41, 5.74) is 0. The molecule has 14 heavy (non-hydrogen) atoms. The van der Waals surface area contributed by atoms with Crippen LogP contribution in [0.2, 0.25) is 0 Å². The van der Waals surface area contributed by atoms with Crippen molar-refractivity contribution >= 4 is 11.8 Å². The number of unbranched alkanes of at least 4 members (excludes halogenated alkanes) is 2. The normalized spacial score (nSPS) is 10.7. The first-order valence-electron chi connectivity index (χ1n) is 5.69. The maximum Gasteiger partial charge on any atom is 0.0462 e. The molecule has 1 N–H and O–H groups in total. The molecule has 0 aliphatic heterocycles. The molecule has 0 rings (SSSR count). The van der Waals surface area contributed by atoms with E-state index in [2.05, 4.69) is 12.2 Å². The van der Waals surface area contributed by atoms with Crippen LogP contribution in [-0.2, 0) is 4.74 Å². The van der Waals surface area contributed by atoms with Gasteiger partial charge in [-0.1, -0.05) is 6.92 Å². The van der Waals surface area contributed by atoms with E-state index in [1.54, 1.807) is 7.11 Å². The summed E-state index contributed by atoms with van der Waals surface area (Å²) in [5, 5.41) is 3.47. The molecule has 2 nitrogen and oxygen atoms in total. The zero-order chi connectivity index (χ0) is 10.5. The van der Waals surface area contributed by atoms with Crippen molar-refractivity contribution in [2.75, 3.05) is 38.3 Å². The second-order valence-electron chi connectivity index (χ2n) is 3.35. The Bertz CT molecular complexity index is 89.3. The van der Waals surface area contributed by atoms with Crippen LogP contribution in [0.4, 0.5) is 0 Å². The number of hydrogen-bond donors (Lipinski definition) is 1. The van der Waals surface area contributed by atoms with Crippen LogP contribution in [-0.4, -0.2) is 38.3 Å². The van der Waals surface area contributed by atoms with Gasteiger partial charge in [0.05, 0.1) is 0 Å². The van der Waals surface area contributed by atoms with Gasteiger partial charge < -0.3 is 10.1 Å². The second-order valence-corrected chi connectivity index (χ2v) is 4.75. The van der Waals surface area contributed by atoms with E-state index >= 15 is 0 Å². The molecule has 0 saturated heterocycles. The summed E-state index contributed by atoms with van der Waals surface area (Å²) in [7, 11) is 1.77. The summed E-state index contributed by atoms with van der Waals surface area (Å²) in [5.74, 6) is 2.55. The van der Waals surface area contributed by atoms with E-state index in [1.165, 1.54) is 50.3 Å². The quantitative estimate of drug-likeness (QED) is 0.540. The lowest BCUT2D eigenvalue weighted by Gasteiger charge is -2.04. The molecule has 0 aromatic carbocycles. The highest BCUT2D eigenvalue weighted by atomic mass is 32.2. The van der Waals surface area contributed by atoms with Crippen molar-refractivity contribution in [1.29, 1.82) is 0 Å². The van der Waals surface area contributed by atoms with Crippen LogP contribution in [0.5, 0.6) is 0 Å². The summed E-state index contributed by atoms with van der Waals surface area (Å²) >= 11 is 2.03. The zero-order valence-corrected chi connectivity index (χ0v) is 10.5. The standard InChI is InChI=1S/C11H25NOS/c1-3-14-11-7-9-12-8-5-4-6-10-13-2/h12H,3-11H2,1-2H3. The number of thioether (sulfide) groups is 1. The predicted molar refractivity (Wildman–Crippen MR) is 66.2 cm³/mol. The molecule has 0 radical (unpaired) electrons. The van der Waals surface area contributed by atoms with Gasteiger partial charge in [0.25, 0.3) is 0 Å². The molecule has 0 unspecified atom stereocenters. The highest BCUT2D eigenvalue weighted by Crippen LogP contribution is 1.99. The molecular weight excluding hydrogens is 194 g/mol. The molecule has 0 spiro atoms. The minimum atomic E-state index is 0.910. The van der Waals surface area contributed by atoms with Crippen molar-refractivity contribution < 1.29 is 4.74 Å². The third kappa shape index (κ3) is 12.3. The molecule has 86 valence electrons. The Labute approximate surface area is 93.2 Å². The van der Waals surface area contributed by atoms with Crippen LogP contribution in [0.25, 0.3) is 0 Å². The highest BCUT2D eigenvalue weighted by Gasteiger charge is 1.90. The van der Waals surface area contributed by atoms with E-state index in [9.17, 15) is 0 Å². The van der Waals surface area contributed by atoms with Crippen LogP contribution < -0.4 is 5.32 Å². The molecule has 0 aromatic rings. The van der Waals surface area contributed by atoms with Gasteiger partial charge in [0, 0.05) is 13.7 Å². The van der Waals surface area contributed by atoms with Crippen molar-refractivity contribution in [2.24, 2.45) is 0 Å². The third-order valence-corrected chi connectivity index (χ3v) is 3.03. The first-order chi connectivity index (χ1) is 6.91. The third-order valence-electron chi connectivity index (χ3n) is 2.05. The molecule has 0 fully saturated rings. The van der Waals surface area contributed by atoms with Crippen LogP contribution in [0.3, 0.4) is 0 Å². The van der Waals surface area contributed by atoms with E-state index in [1.807, 2.05) is 11.8 Å². The maximum absolute atomic E-state index is 4.99. The first kappa shape index (κ1) is 14.3. The lowest BCUT2D eigenvalue weighted by Crippen LogP contribution is -2.17. The summed E-state index contributed by atoms with van der Waals surface area (Å²) in [6.07, 6.45) is 5.06. The number of hydrogen-bond acceptors (Lipinski definition) is 3. The maximum atomic E-state index is 4.99. The molecular formula is C11H25NOS. The van der Waals surface area contributed by atoms with Crippen LogP contribution >= 0.6 is 11.8 Å². The number of ether oxygens (including phenoxy) is 1. The Morgan fingerprint density at radius 1 is 1.07 bits per heavy atom. The largest absolute Gasteiger partial charge is 0.385 e. The average molecular weight is 219 g/mol. The Balaban J connectivity index is 2.78. The number of methoxy groups -OCH3 is 1. The lowest BCUT2D eigenvalue weighted by atomic mass is 10.2. The molecule has 0 bridgehead atoms. The molecule has 0 atom stereocenters. The Hall–Kier alpha value is 0.270. The van der Waals surface area contributed by atoms with Crippen molar-refractivity contribution in [3.63, 3.8) is 0 Å². The summed E-state index contributed by atoms with van der Waals surface area (Å²) in [4.78, 5) is 0. The van der Waals surface area contributed by atoms with Crippen molar-refractivity contribution in [3.05, 3.63) is 0 Å². The fraction of sp³-hybridized carbons (Fsp3) is 1.00. The monoisotopic (exact) mass is 219 g/mol. The van der Waals surface area contributed by atoms with Gasteiger partial charge in [-0.05, 0) is 50.3 Å². The predicted octanol–water partition coefficient (Wildman–Crippen LogP) is 2.54. The van der Waals surface area contributed by atoms with Gasteiger partial charge in [-0.3, -0.25) is 0 Å². The van der Waals surface area contributed by atoms with Crippen molar-refractivity contribution in [3.8, 4) is 0 Å². The molecule has 3 heteroatoms. The van der Waals surface area contributed by atoms with E-state index in [4.69, 9.17) is 4.74 Å². The van der Waals surface area contributed by atoms with Gasteiger partial charge in [-0.15, -0.1) is 0 Å². The van der Waals surface area contributed by atoms with E-state index in [-0.39, 0.29) is 0 Å². The topological polar surface area (TPSA) is 21.3 Å². The second kappa shape index (κ2) is 13.3. The Morgan fingerprint density at radius 3 is 2.57 bits per heavy atom.